The van der Waals surface area contributed by atoms with Gasteiger partial charge < -0.3 is 10.4 Å². The van der Waals surface area contributed by atoms with Crippen molar-refractivity contribution in [3.05, 3.63) is 63.6 Å². The maximum Gasteiger partial charge on any atom is 0.335 e. The first kappa shape index (κ1) is 13.6. The van der Waals surface area contributed by atoms with E-state index in [1.807, 2.05) is 31.2 Å². The number of halogens is 1. The molecule has 0 heterocycles. The molecule has 2 rings (SSSR count). The normalized spacial score (nSPS) is 10.2. The first-order valence-electron chi connectivity index (χ1n) is 5.88. The highest BCUT2D eigenvalue weighted by atomic mass is 79.9. The first-order chi connectivity index (χ1) is 9.06. The van der Waals surface area contributed by atoms with Gasteiger partial charge in [0.25, 0.3) is 0 Å². The molecule has 0 radical (unpaired) electrons. The van der Waals surface area contributed by atoms with Crippen molar-refractivity contribution in [1.29, 1.82) is 0 Å². The second kappa shape index (κ2) is 5.89. The van der Waals surface area contributed by atoms with Crippen molar-refractivity contribution in [2.45, 2.75) is 13.5 Å². The topological polar surface area (TPSA) is 49.3 Å². The molecule has 0 aliphatic carbocycles. The number of carbonyl (C=O) groups is 1. The number of hydrogen-bond donors (Lipinski definition) is 2. The third kappa shape index (κ3) is 3.58. The minimum Gasteiger partial charge on any atom is -0.478 e. The zero-order valence-corrected chi connectivity index (χ0v) is 12.1. The number of aromatic carboxylic acids is 1. The van der Waals surface area contributed by atoms with Crippen molar-refractivity contribution in [3.63, 3.8) is 0 Å². The van der Waals surface area contributed by atoms with Gasteiger partial charge in [0.05, 0.1) is 5.56 Å². The molecule has 0 saturated carbocycles. The van der Waals surface area contributed by atoms with Crippen LogP contribution in [0.1, 0.15) is 21.5 Å². The Hall–Kier alpha value is -1.81. The van der Waals surface area contributed by atoms with E-state index in [1.54, 1.807) is 18.2 Å². The van der Waals surface area contributed by atoms with Crippen molar-refractivity contribution in [3.8, 4) is 0 Å². The second-order valence-corrected chi connectivity index (χ2v) is 5.20. The van der Waals surface area contributed by atoms with Crippen molar-refractivity contribution in [2.24, 2.45) is 0 Å². The number of carboxylic acid groups (broad SMARTS) is 1. The number of carboxylic acids is 1. The summed E-state index contributed by atoms with van der Waals surface area (Å²) in [6.07, 6.45) is 0. The lowest BCUT2D eigenvalue weighted by Crippen LogP contribution is -2.02. The summed E-state index contributed by atoms with van der Waals surface area (Å²) in [5.41, 5.74) is 3.42. The van der Waals surface area contributed by atoms with E-state index in [9.17, 15) is 4.79 Å². The highest BCUT2D eigenvalue weighted by Crippen LogP contribution is 2.23. The van der Waals surface area contributed by atoms with Gasteiger partial charge in [0.1, 0.15) is 0 Å². The maximum absolute atomic E-state index is 10.9. The molecule has 19 heavy (non-hydrogen) atoms. The van der Waals surface area contributed by atoms with Gasteiger partial charge in [-0.25, -0.2) is 4.79 Å². The lowest BCUT2D eigenvalue weighted by Gasteiger charge is -2.09. The number of rotatable bonds is 4. The number of nitrogens with one attached hydrogen (secondary N) is 1. The molecule has 0 fully saturated rings. The quantitative estimate of drug-likeness (QED) is 0.893. The van der Waals surface area contributed by atoms with E-state index in [2.05, 4.69) is 21.2 Å². The average Bonchev–Trinajstić information content (AvgIpc) is 2.38. The van der Waals surface area contributed by atoms with Crippen LogP contribution < -0.4 is 5.32 Å². The largest absolute Gasteiger partial charge is 0.478 e. The van der Waals surface area contributed by atoms with Crippen LogP contribution in [-0.4, -0.2) is 11.1 Å². The van der Waals surface area contributed by atoms with Crippen LogP contribution in [0.2, 0.25) is 0 Å². The summed E-state index contributed by atoms with van der Waals surface area (Å²) in [4.78, 5) is 10.9. The molecule has 0 bridgehead atoms. The molecule has 0 aliphatic rings. The van der Waals surface area contributed by atoms with Gasteiger partial charge in [-0.3, -0.25) is 0 Å². The molecule has 0 spiro atoms. The Balaban J connectivity index is 2.10. The highest BCUT2D eigenvalue weighted by molar-refractivity contribution is 9.10. The van der Waals surface area contributed by atoms with Crippen LogP contribution in [-0.2, 0) is 6.54 Å². The second-order valence-electron chi connectivity index (χ2n) is 4.34. The third-order valence-electron chi connectivity index (χ3n) is 2.78. The lowest BCUT2D eigenvalue weighted by atomic mass is 10.1. The molecule has 2 aromatic rings. The Morgan fingerprint density at radius 3 is 2.74 bits per heavy atom. The van der Waals surface area contributed by atoms with Crippen molar-refractivity contribution in [2.75, 3.05) is 5.32 Å². The summed E-state index contributed by atoms with van der Waals surface area (Å²) in [5.74, 6) is -0.904. The Labute approximate surface area is 120 Å². The molecule has 2 N–H and O–H groups in total. The zero-order chi connectivity index (χ0) is 13.8. The average molecular weight is 320 g/mol. The predicted octanol–water partition coefficient (Wildman–Crippen LogP) is 4.07. The summed E-state index contributed by atoms with van der Waals surface area (Å²) in [7, 11) is 0. The van der Waals surface area contributed by atoms with E-state index < -0.39 is 5.97 Å². The summed E-state index contributed by atoms with van der Waals surface area (Å²) in [5, 5.41) is 12.2. The van der Waals surface area contributed by atoms with E-state index in [0.29, 0.717) is 12.1 Å². The molecular formula is C15H14BrNO2. The van der Waals surface area contributed by atoms with Crippen molar-refractivity contribution >= 4 is 27.6 Å². The van der Waals surface area contributed by atoms with Gasteiger partial charge in [0, 0.05) is 16.7 Å². The van der Waals surface area contributed by atoms with Crippen LogP contribution in [0.3, 0.4) is 0 Å². The number of hydrogen-bond acceptors (Lipinski definition) is 2. The van der Waals surface area contributed by atoms with Crippen LogP contribution in [0.15, 0.2) is 46.9 Å². The lowest BCUT2D eigenvalue weighted by molar-refractivity contribution is 0.0697. The Morgan fingerprint density at radius 2 is 2.05 bits per heavy atom. The molecule has 0 atom stereocenters. The molecule has 0 unspecified atom stereocenters. The SMILES string of the molecule is Cc1ccc(NCc2cccc(C(=O)O)c2)c(Br)c1. The van der Waals surface area contributed by atoms with Crippen molar-refractivity contribution < 1.29 is 9.90 Å². The van der Waals surface area contributed by atoms with Gasteiger partial charge >= 0.3 is 5.97 Å². The Morgan fingerprint density at radius 1 is 1.26 bits per heavy atom. The highest BCUT2D eigenvalue weighted by Gasteiger charge is 2.04. The minimum absolute atomic E-state index is 0.308. The first-order valence-corrected chi connectivity index (χ1v) is 6.68. The maximum atomic E-state index is 10.9. The van der Waals surface area contributed by atoms with E-state index in [0.717, 1.165) is 15.7 Å². The molecule has 3 nitrogen and oxygen atoms in total. The fourth-order valence-corrected chi connectivity index (χ4v) is 2.41. The van der Waals surface area contributed by atoms with E-state index >= 15 is 0 Å². The van der Waals surface area contributed by atoms with Crippen LogP contribution in [0, 0.1) is 6.92 Å². The molecule has 2 aromatic carbocycles. The van der Waals surface area contributed by atoms with Crippen LogP contribution in [0.4, 0.5) is 5.69 Å². The number of anilines is 1. The van der Waals surface area contributed by atoms with Crippen LogP contribution >= 0.6 is 15.9 Å². The zero-order valence-electron chi connectivity index (χ0n) is 10.5. The number of benzene rings is 2. The summed E-state index contributed by atoms with van der Waals surface area (Å²) in [6, 6.07) is 13.0. The molecule has 0 aromatic heterocycles. The fourth-order valence-electron chi connectivity index (χ4n) is 1.78. The van der Waals surface area contributed by atoms with Crippen LogP contribution in [0.25, 0.3) is 0 Å². The molecule has 0 amide bonds. The van der Waals surface area contributed by atoms with Crippen molar-refractivity contribution in [1.82, 2.24) is 0 Å². The van der Waals surface area contributed by atoms with Gasteiger partial charge in [-0.05, 0) is 58.2 Å². The number of aryl methyl sites for hydroxylation is 1. The standard InChI is InChI=1S/C15H14BrNO2/c1-10-5-6-14(13(16)7-10)17-9-11-3-2-4-12(8-11)15(18)19/h2-8,17H,9H2,1H3,(H,18,19). The van der Waals surface area contributed by atoms with Crippen LogP contribution in [0.5, 0.6) is 0 Å². The Bertz CT molecular complexity index is 611. The van der Waals surface area contributed by atoms with E-state index in [1.165, 1.54) is 5.56 Å². The summed E-state index contributed by atoms with van der Waals surface area (Å²) < 4.78 is 1.00. The van der Waals surface area contributed by atoms with E-state index in [-0.39, 0.29) is 0 Å². The molecule has 0 aliphatic heterocycles. The Kier molecular flexibility index (Phi) is 4.22. The summed E-state index contributed by atoms with van der Waals surface area (Å²) in [6.45, 7) is 2.62. The molecule has 0 saturated heterocycles. The minimum atomic E-state index is -0.904. The monoisotopic (exact) mass is 319 g/mol. The molecular weight excluding hydrogens is 306 g/mol. The van der Waals surface area contributed by atoms with Gasteiger partial charge in [-0.1, -0.05) is 18.2 Å². The van der Waals surface area contributed by atoms with E-state index in [4.69, 9.17) is 5.11 Å². The van der Waals surface area contributed by atoms with Gasteiger partial charge in [0.2, 0.25) is 0 Å². The predicted molar refractivity (Wildman–Crippen MR) is 79.6 cm³/mol. The fraction of sp³-hybridized carbons (Fsp3) is 0.133. The smallest absolute Gasteiger partial charge is 0.335 e. The third-order valence-corrected chi connectivity index (χ3v) is 3.44. The van der Waals surface area contributed by atoms with Gasteiger partial charge in [-0.15, -0.1) is 0 Å². The molecule has 98 valence electrons. The summed E-state index contributed by atoms with van der Waals surface area (Å²) >= 11 is 3.50. The van der Waals surface area contributed by atoms with Gasteiger partial charge in [0.15, 0.2) is 0 Å². The van der Waals surface area contributed by atoms with Gasteiger partial charge in [-0.2, -0.15) is 0 Å². The molecule has 4 heteroatoms.